The first-order valence-corrected chi connectivity index (χ1v) is 6.42. The lowest BCUT2D eigenvalue weighted by atomic mass is 9.80. The summed E-state index contributed by atoms with van der Waals surface area (Å²) in [5.74, 6) is -0.344. The average molecular weight is 260 g/mol. The summed E-state index contributed by atoms with van der Waals surface area (Å²) >= 11 is 0. The molecule has 0 aliphatic carbocycles. The third kappa shape index (κ3) is 4.55. The number of hydrogen-bond acceptors (Lipinski definition) is 5. The first-order valence-electron chi connectivity index (χ1n) is 6.42. The number of carbonyl (C=O) groups is 2. The fraction of sp³-hybridized carbons (Fsp3) is 0.846. The van der Waals surface area contributed by atoms with Gasteiger partial charge in [0, 0.05) is 0 Å². The highest BCUT2D eigenvalue weighted by Crippen LogP contribution is 2.31. The summed E-state index contributed by atoms with van der Waals surface area (Å²) in [4.78, 5) is 23.3. The molecule has 0 aromatic heterocycles. The van der Waals surface area contributed by atoms with Crippen molar-refractivity contribution >= 4 is 12.1 Å². The molecule has 0 radical (unpaired) electrons. The zero-order valence-corrected chi connectivity index (χ0v) is 11.9. The predicted octanol–water partition coefficient (Wildman–Crippen LogP) is 2.92. The Bertz CT molecular complexity index is 277. The molecule has 0 amide bonds. The Kier molecular flexibility index (Phi) is 7.39. The Morgan fingerprint density at radius 3 is 2.11 bits per heavy atom. The molecule has 0 N–H and O–H groups in total. The van der Waals surface area contributed by atoms with Gasteiger partial charge in [0.05, 0.1) is 13.2 Å². The van der Waals surface area contributed by atoms with Gasteiger partial charge < -0.3 is 14.2 Å². The van der Waals surface area contributed by atoms with Crippen molar-refractivity contribution < 1.29 is 23.8 Å². The first-order chi connectivity index (χ1) is 8.42. The maximum absolute atomic E-state index is 12.0. The van der Waals surface area contributed by atoms with Crippen LogP contribution in [0.5, 0.6) is 0 Å². The minimum atomic E-state index is -0.836. The van der Waals surface area contributed by atoms with E-state index in [1.165, 1.54) is 0 Å². The van der Waals surface area contributed by atoms with Crippen molar-refractivity contribution in [2.45, 2.75) is 53.6 Å². The summed E-state index contributed by atoms with van der Waals surface area (Å²) in [6, 6.07) is 0. The lowest BCUT2D eigenvalue weighted by Crippen LogP contribution is -2.42. The van der Waals surface area contributed by atoms with Crippen LogP contribution in [0.15, 0.2) is 0 Å². The van der Waals surface area contributed by atoms with Gasteiger partial charge in [-0.2, -0.15) is 0 Å². The van der Waals surface area contributed by atoms with Crippen LogP contribution in [0.1, 0.15) is 47.5 Å². The van der Waals surface area contributed by atoms with E-state index < -0.39 is 17.7 Å². The molecule has 18 heavy (non-hydrogen) atoms. The minimum Gasteiger partial charge on any atom is -0.465 e. The van der Waals surface area contributed by atoms with Gasteiger partial charge in [0.25, 0.3) is 0 Å². The topological polar surface area (TPSA) is 61.8 Å². The van der Waals surface area contributed by atoms with Crippen molar-refractivity contribution in [2.24, 2.45) is 5.41 Å². The van der Waals surface area contributed by atoms with Gasteiger partial charge in [-0.05, 0) is 34.1 Å². The van der Waals surface area contributed by atoms with Crippen molar-refractivity contribution in [1.29, 1.82) is 0 Å². The van der Waals surface area contributed by atoms with Crippen LogP contribution in [-0.4, -0.2) is 31.4 Å². The van der Waals surface area contributed by atoms with Crippen molar-refractivity contribution in [3.8, 4) is 0 Å². The van der Waals surface area contributed by atoms with Gasteiger partial charge in [-0.25, -0.2) is 4.79 Å². The standard InChI is InChI=1S/C13H24O5/c1-6-9-13(5,11(14)16-7-2)10(4)18-12(15)17-8-3/h10H,6-9H2,1-5H3. The second kappa shape index (κ2) is 7.95. The molecule has 5 nitrogen and oxygen atoms in total. The Morgan fingerprint density at radius 2 is 1.67 bits per heavy atom. The summed E-state index contributed by atoms with van der Waals surface area (Å²) in [5, 5.41) is 0. The van der Waals surface area contributed by atoms with E-state index in [-0.39, 0.29) is 12.6 Å². The fourth-order valence-corrected chi connectivity index (χ4v) is 1.71. The highest BCUT2D eigenvalue weighted by atomic mass is 16.7. The van der Waals surface area contributed by atoms with Gasteiger partial charge in [-0.3, -0.25) is 4.79 Å². The molecule has 2 unspecified atom stereocenters. The van der Waals surface area contributed by atoms with E-state index in [9.17, 15) is 9.59 Å². The van der Waals surface area contributed by atoms with Crippen LogP contribution >= 0.6 is 0 Å². The number of carbonyl (C=O) groups excluding carboxylic acids is 2. The molecule has 0 aliphatic heterocycles. The maximum atomic E-state index is 12.0. The first kappa shape index (κ1) is 16.7. The minimum absolute atomic E-state index is 0.245. The fourth-order valence-electron chi connectivity index (χ4n) is 1.71. The van der Waals surface area contributed by atoms with Crippen LogP contribution in [-0.2, 0) is 19.0 Å². The van der Waals surface area contributed by atoms with Crippen molar-refractivity contribution in [1.82, 2.24) is 0 Å². The highest BCUT2D eigenvalue weighted by molar-refractivity contribution is 5.77. The van der Waals surface area contributed by atoms with E-state index in [4.69, 9.17) is 14.2 Å². The third-order valence-corrected chi connectivity index (χ3v) is 2.94. The highest BCUT2D eigenvalue weighted by Gasteiger charge is 2.42. The van der Waals surface area contributed by atoms with Gasteiger partial charge in [0.1, 0.15) is 11.5 Å². The van der Waals surface area contributed by atoms with Gasteiger partial charge in [0.2, 0.25) is 0 Å². The molecule has 106 valence electrons. The number of ether oxygens (including phenoxy) is 3. The van der Waals surface area contributed by atoms with Crippen LogP contribution in [0, 0.1) is 5.41 Å². The molecule has 0 fully saturated rings. The second-order valence-corrected chi connectivity index (χ2v) is 4.33. The molecule has 0 aromatic carbocycles. The summed E-state index contributed by atoms with van der Waals surface area (Å²) in [7, 11) is 0. The van der Waals surface area contributed by atoms with Crippen LogP contribution in [0.4, 0.5) is 4.79 Å². The molecule has 0 heterocycles. The molecule has 0 aliphatic rings. The summed E-state index contributed by atoms with van der Waals surface area (Å²) in [5.41, 5.74) is -0.836. The SMILES string of the molecule is CCCC(C)(C(=O)OCC)C(C)OC(=O)OCC. The second-order valence-electron chi connectivity index (χ2n) is 4.33. The zero-order valence-electron chi connectivity index (χ0n) is 11.9. The Hall–Kier alpha value is -1.26. The molecule has 0 saturated carbocycles. The van der Waals surface area contributed by atoms with Gasteiger partial charge in [0.15, 0.2) is 0 Å². The molecule has 0 spiro atoms. The van der Waals surface area contributed by atoms with Crippen molar-refractivity contribution in [3.63, 3.8) is 0 Å². The van der Waals surface area contributed by atoms with Gasteiger partial charge in [-0.1, -0.05) is 13.3 Å². The third-order valence-electron chi connectivity index (χ3n) is 2.94. The van der Waals surface area contributed by atoms with E-state index in [1.54, 1.807) is 27.7 Å². The molecule has 0 rings (SSSR count). The van der Waals surface area contributed by atoms with E-state index in [0.717, 1.165) is 6.42 Å². The Morgan fingerprint density at radius 1 is 1.11 bits per heavy atom. The van der Waals surface area contributed by atoms with Crippen molar-refractivity contribution in [3.05, 3.63) is 0 Å². The quantitative estimate of drug-likeness (QED) is 0.659. The zero-order chi connectivity index (χ0) is 14.2. The lowest BCUT2D eigenvalue weighted by molar-refractivity contribution is -0.162. The van der Waals surface area contributed by atoms with Crippen molar-refractivity contribution in [2.75, 3.05) is 13.2 Å². The molecular weight excluding hydrogens is 236 g/mol. The van der Waals surface area contributed by atoms with E-state index >= 15 is 0 Å². The summed E-state index contributed by atoms with van der Waals surface area (Å²) in [6.07, 6.45) is 0.0466. The van der Waals surface area contributed by atoms with Crippen LogP contribution in [0.25, 0.3) is 0 Å². The Balaban J connectivity index is 4.75. The normalized spacial score (nSPS) is 15.4. The van der Waals surface area contributed by atoms with E-state index in [1.807, 2.05) is 6.92 Å². The van der Waals surface area contributed by atoms with E-state index in [2.05, 4.69) is 0 Å². The molecule has 0 saturated heterocycles. The summed E-state index contributed by atoms with van der Waals surface area (Å²) in [6.45, 7) is 9.40. The maximum Gasteiger partial charge on any atom is 0.508 e. The average Bonchev–Trinajstić information content (AvgIpc) is 2.29. The van der Waals surface area contributed by atoms with Gasteiger partial charge >= 0.3 is 12.1 Å². The number of hydrogen-bond donors (Lipinski definition) is 0. The smallest absolute Gasteiger partial charge is 0.465 e. The molecule has 5 heteroatoms. The summed E-state index contributed by atoms with van der Waals surface area (Å²) < 4.78 is 14.9. The predicted molar refractivity (Wildman–Crippen MR) is 67.2 cm³/mol. The Labute approximate surface area is 109 Å². The largest absolute Gasteiger partial charge is 0.508 e. The molecule has 0 bridgehead atoms. The van der Waals surface area contributed by atoms with Crippen LogP contribution in [0.3, 0.4) is 0 Å². The number of rotatable bonds is 7. The molecule has 2 atom stereocenters. The lowest BCUT2D eigenvalue weighted by Gasteiger charge is -2.32. The monoisotopic (exact) mass is 260 g/mol. The van der Waals surface area contributed by atoms with E-state index in [0.29, 0.717) is 13.0 Å². The van der Waals surface area contributed by atoms with Gasteiger partial charge in [-0.15, -0.1) is 0 Å². The molecular formula is C13H24O5. The number of esters is 1. The van der Waals surface area contributed by atoms with Crippen LogP contribution in [0.2, 0.25) is 0 Å². The van der Waals surface area contributed by atoms with Crippen LogP contribution < -0.4 is 0 Å². The molecule has 0 aromatic rings.